The molecule has 4 nitrogen and oxygen atoms in total. The van der Waals surface area contributed by atoms with Gasteiger partial charge in [0, 0.05) is 28.7 Å². The minimum Gasteiger partial charge on any atom is -0.361 e. The Morgan fingerprint density at radius 1 is 1.43 bits per heavy atom. The highest BCUT2D eigenvalue weighted by atomic mass is 79.9. The van der Waals surface area contributed by atoms with Gasteiger partial charge in [0.2, 0.25) is 5.91 Å². The zero-order chi connectivity index (χ0) is 15.0. The number of halogens is 1. The number of carbonyl (C=O) groups is 1. The third-order valence-corrected chi connectivity index (χ3v) is 4.78. The maximum atomic E-state index is 12.5. The zero-order valence-electron chi connectivity index (χ0n) is 12.1. The van der Waals surface area contributed by atoms with Crippen molar-refractivity contribution in [3.05, 3.63) is 45.3 Å². The van der Waals surface area contributed by atoms with E-state index in [1.165, 1.54) is 5.56 Å². The van der Waals surface area contributed by atoms with E-state index in [1.54, 1.807) is 0 Å². The van der Waals surface area contributed by atoms with Gasteiger partial charge in [0.05, 0.1) is 5.69 Å². The number of rotatable bonds is 3. The summed E-state index contributed by atoms with van der Waals surface area (Å²) in [6, 6.07) is 6.01. The van der Waals surface area contributed by atoms with Crippen LogP contribution in [0, 0.1) is 13.8 Å². The lowest BCUT2D eigenvalue weighted by molar-refractivity contribution is -0.118. The first-order chi connectivity index (χ1) is 10.1. The van der Waals surface area contributed by atoms with Gasteiger partial charge in [-0.15, -0.1) is 0 Å². The van der Waals surface area contributed by atoms with E-state index < -0.39 is 0 Å². The van der Waals surface area contributed by atoms with Crippen molar-refractivity contribution in [1.82, 2.24) is 5.16 Å². The van der Waals surface area contributed by atoms with E-state index in [9.17, 15) is 4.79 Å². The molecule has 0 saturated heterocycles. The van der Waals surface area contributed by atoms with Gasteiger partial charge >= 0.3 is 0 Å². The molecule has 0 radical (unpaired) electrons. The highest BCUT2D eigenvalue weighted by Gasteiger charge is 2.26. The molecule has 0 N–H and O–H groups in total. The standard InChI is InChI=1S/C16H17BrN2O2/c1-10-12(11(2)21-18-10)6-7-16(20)19-9-8-13-14(17)4-3-5-15(13)19/h3-5H,6-9H2,1-2H3. The first kappa shape index (κ1) is 14.3. The number of benzene rings is 1. The number of anilines is 1. The lowest BCUT2D eigenvalue weighted by atomic mass is 10.1. The van der Waals surface area contributed by atoms with Crippen LogP contribution in [0.25, 0.3) is 0 Å². The van der Waals surface area contributed by atoms with Gasteiger partial charge in [-0.25, -0.2) is 0 Å². The van der Waals surface area contributed by atoms with Crippen molar-refractivity contribution in [2.45, 2.75) is 33.1 Å². The SMILES string of the molecule is Cc1noc(C)c1CCC(=O)N1CCc2c(Br)cccc21. The summed E-state index contributed by atoms with van der Waals surface area (Å²) in [6.45, 7) is 4.57. The molecular formula is C16H17BrN2O2. The van der Waals surface area contributed by atoms with Crippen LogP contribution in [0.15, 0.2) is 27.2 Å². The second kappa shape index (κ2) is 5.64. The van der Waals surface area contributed by atoms with Crippen LogP contribution in [0.5, 0.6) is 0 Å². The molecule has 1 aliphatic heterocycles. The number of amides is 1. The minimum absolute atomic E-state index is 0.159. The van der Waals surface area contributed by atoms with Gasteiger partial charge in [-0.3, -0.25) is 4.79 Å². The molecule has 1 aromatic heterocycles. The summed E-state index contributed by atoms with van der Waals surface area (Å²) in [6.07, 6.45) is 2.07. The van der Waals surface area contributed by atoms with E-state index in [1.807, 2.05) is 36.9 Å². The van der Waals surface area contributed by atoms with Gasteiger partial charge in [0.25, 0.3) is 0 Å². The fraction of sp³-hybridized carbons (Fsp3) is 0.375. The van der Waals surface area contributed by atoms with Crippen LogP contribution >= 0.6 is 15.9 Å². The molecule has 0 unspecified atom stereocenters. The Morgan fingerprint density at radius 3 is 2.95 bits per heavy atom. The predicted molar refractivity (Wildman–Crippen MR) is 84.5 cm³/mol. The fourth-order valence-corrected chi connectivity index (χ4v) is 3.43. The Balaban J connectivity index is 1.72. The van der Waals surface area contributed by atoms with Crippen molar-refractivity contribution in [2.75, 3.05) is 11.4 Å². The molecule has 5 heteroatoms. The quantitative estimate of drug-likeness (QED) is 0.851. The van der Waals surface area contributed by atoms with Crippen molar-refractivity contribution >= 4 is 27.5 Å². The number of aryl methyl sites for hydroxylation is 2. The van der Waals surface area contributed by atoms with Gasteiger partial charge in [0.1, 0.15) is 5.76 Å². The van der Waals surface area contributed by atoms with E-state index in [0.29, 0.717) is 12.8 Å². The van der Waals surface area contributed by atoms with Crippen LogP contribution in [-0.2, 0) is 17.6 Å². The number of hydrogen-bond acceptors (Lipinski definition) is 3. The lowest BCUT2D eigenvalue weighted by Crippen LogP contribution is -2.29. The van der Waals surface area contributed by atoms with Crippen LogP contribution < -0.4 is 4.90 Å². The van der Waals surface area contributed by atoms with Crippen molar-refractivity contribution < 1.29 is 9.32 Å². The molecule has 110 valence electrons. The molecule has 0 spiro atoms. The van der Waals surface area contributed by atoms with Crippen molar-refractivity contribution in [3.63, 3.8) is 0 Å². The Kier molecular flexibility index (Phi) is 3.85. The first-order valence-electron chi connectivity index (χ1n) is 7.07. The minimum atomic E-state index is 0.159. The van der Waals surface area contributed by atoms with Crippen molar-refractivity contribution in [3.8, 4) is 0 Å². The topological polar surface area (TPSA) is 46.3 Å². The Bertz CT molecular complexity index is 674. The summed E-state index contributed by atoms with van der Waals surface area (Å²) in [5.74, 6) is 0.969. The monoisotopic (exact) mass is 348 g/mol. The van der Waals surface area contributed by atoms with E-state index in [2.05, 4.69) is 21.1 Å². The van der Waals surface area contributed by atoms with Gasteiger partial charge in [0.15, 0.2) is 0 Å². The molecule has 0 bridgehead atoms. The Morgan fingerprint density at radius 2 is 2.24 bits per heavy atom. The second-order valence-corrected chi connectivity index (χ2v) is 6.19. The highest BCUT2D eigenvalue weighted by Crippen LogP contribution is 2.34. The summed E-state index contributed by atoms with van der Waals surface area (Å²) in [4.78, 5) is 14.4. The summed E-state index contributed by atoms with van der Waals surface area (Å²) >= 11 is 3.55. The molecule has 0 saturated carbocycles. The molecular weight excluding hydrogens is 332 g/mol. The average Bonchev–Trinajstić information content (AvgIpc) is 3.02. The van der Waals surface area contributed by atoms with Crippen LogP contribution in [0.2, 0.25) is 0 Å². The van der Waals surface area contributed by atoms with Gasteiger partial charge in [-0.1, -0.05) is 27.2 Å². The molecule has 0 aliphatic carbocycles. The van der Waals surface area contributed by atoms with Gasteiger partial charge < -0.3 is 9.42 Å². The molecule has 21 heavy (non-hydrogen) atoms. The van der Waals surface area contributed by atoms with Gasteiger partial charge in [-0.2, -0.15) is 0 Å². The maximum absolute atomic E-state index is 12.5. The molecule has 1 amide bonds. The summed E-state index contributed by atoms with van der Waals surface area (Å²) < 4.78 is 6.23. The zero-order valence-corrected chi connectivity index (χ0v) is 13.7. The lowest BCUT2D eigenvalue weighted by Gasteiger charge is -2.17. The molecule has 3 rings (SSSR count). The van der Waals surface area contributed by atoms with E-state index in [0.717, 1.165) is 40.1 Å². The first-order valence-corrected chi connectivity index (χ1v) is 7.86. The maximum Gasteiger partial charge on any atom is 0.227 e. The average molecular weight is 349 g/mol. The number of aromatic nitrogens is 1. The Hall–Kier alpha value is -1.62. The summed E-state index contributed by atoms with van der Waals surface area (Å²) in [7, 11) is 0. The number of nitrogens with zero attached hydrogens (tertiary/aromatic N) is 2. The largest absolute Gasteiger partial charge is 0.361 e. The normalized spacial score (nSPS) is 13.6. The summed E-state index contributed by atoms with van der Waals surface area (Å²) in [5.41, 5.74) is 4.19. The number of carbonyl (C=O) groups excluding carboxylic acids is 1. The van der Waals surface area contributed by atoms with Crippen LogP contribution in [0.3, 0.4) is 0 Å². The van der Waals surface area contributed by atoms with E-state index >= 15 is 0 Å². The second-order valence-electron chi connectivity index (χ2n) is 5.34. The number of hydrogen-bond donors (Lipinski definition) is 0. The summed E-state index contributed by atoms with van der Waals surface area (Å²) in [5, 5.41) is 3.93. The van der Waals surface area contributed by atoms with Crippen LogP contribution in [0.1, 0.15) is 29.0 Å². The molecule has 2 aromatic rings. The van der Waals surface area contributed by atoms with Crippen molar-refractivity contribution in [1.29, 1.82) is 0 Å². The third-order valence-electron chi connectivity index (χ3n) is 4.04. The third kappa shape index (κ3) is 2.62. The molecule has 2 heterocycles. The van der Waals surface area contributed by atoms with Gasteiger partial charge in [-0.05, 0) is 44.4 Å². The molecule has 0 fully saturated rings. The van der Waals surface area contributed by atoms with E-state index in [-0.39, 0.29) is 5.91 Å². The number of fused-ring (bicyclic) bond motifs is 1. The highest BCUT2D eigenvalue weighted by molar-refractivity contribution is 9.10. The smallest absolute Gasteiger partial charge is 0.227 e. The predicted octanol–water partition coefficient (Wildman–Crippen LogP) is 3.58. The molecule has 0 atom stereocenters. The fourth-order valence-electron chi connectivity index (χ4n) is 2.88. The van der Waals surface area contributed by atoms with Crippen LogP contribution in [-0.4, -0.2) is 17.6 Å². The van der Waals surface area contributed by atoms with E-state index in [4.69, 9.17) is 4.52 Å². The molecule has 1 aliphatic rings. The van der Waals surface area contributed by atoms with Crippen LogP contribution in [0.4, 0.5) is 5.69 Å². The molecule has 1 aromatic carbocycles. The Labute approximate surface area is 132 Å². The van der Waals surface area contributed by atoms with Crippen molar-refractivity contribution in [2.24, 2.45) is 0 Å².